The first-order valence-corrected chi connectivity index (χ1v) is 9.88. The summed E-state index contributed by atoms with van der Waals surface area (Å²) in [5.41, 5.74) is 1.47. The van der Waals surface area contributed by atoms with E-state index in [0.29, 0.717) is 12.0 Å². The van der Waals surface area contributed by atoms with Gasteiger partial charge in [-0.1, -0.05) is 102 Å². The second kappa shape index (κ2) is 12.6. The van der Waals surface area contributed by atoms with Crippen LogP contribution in [-0.4, -0.2) is 25.0 Å². The topological polar surface area (TPSA) is 3.24 Å². The predicted octanol–water partition coefficient (Wildman–Crippen LogP) is 6.64. The third-order valence-electron chi connectivity index (χ3n) is 5.17. The van der Waals surface area contributed by atoms with E-state index in [1.165, 1.54) is 69.8 Å². The summed E-state index contributed by atoms with van der Waals surface area (Å²) in [4.78, 5) is 2.42. The average molecular weight is 318 g/mol. The lowest BCUT2D eigenvalue weighted by molar-refractivity contribution is 0.240. The number of hydrogen-bond acceptors (Lipinski definition) is 1. The largest absolute Gasteiger partial charge is 0.306 e. The highest BCUT2D eigenvalue weighted by Gasteiger charge is 2.20. The first-order valence-electron chi connectivity index (χ1n) is 9.88. The van der Waals surface area contributed by atoms with E-state index in [4.69, 9.17) is 0 Å². The van der Waals surface area contributed by atoms with Crippen LogP contribution in [0.2, 0.25) is 0 Å². The maximum Gasteiger partial charge on any atom is 0.0155 e. The molecule has 1 nitrogen and oxygen atoms in total. The van der Waals surface area contributed by atoms with Crippen molar-refractivity contribution in [1.29, 1.82) is 0 Å². The highest BCUT2D eigenvalue weighted by atomic mass is 15.1. The monoisotopic (exact) mass is 317 g/mol. The second-order valence-corrected chi connectivity index (χ2v) is 7.35. The molecule has 132 valence electrons. The molecule has 1 heteroatoms. The third-order valence-corrected chi connectivity index (χ3v) is 5.17. The standard InChI is InChI=1S/C22H39N/c1-5-6-7-8-9-10-11-12-16-19-22(23(3)4)20(2)21-17-14-13-15-18-21/h13-15,17-18,20,22H,5-12,16,19H2,1-4H3. The van der Waals surface area contributed by atoms with E-state index in [9.17, 15) is 0 Å². The SMILES string of the molecule is CCCCCCCCCCCC(C(C)c1ccccc1)N(C)C. The number of benzene rings is 1. The Morgan fingerprint density at radius 3 is 1.83 bits per heavy atom. The highest BCUT2D eigenvalue weighted by Crippen LogP contribution is 2.26. The molecular weight excluding hydrogens is 278 g/mol. The molecule has 0 radical (unpaired) electrons. The van der Waals surface area contributed by atoms with Crippen LogP contribution in [0.15, 0.2) is 30.3 Å². The van der Waals surface area contributed by atoms with Crippen molar-refractivity contribution in [1.82, 2.24) is 4.90 Å². The Bertz CT molecular complexity index is 371. The summed E-state index contributed by atoms with van der Waals surface area (Å²) in [5, 5.41) is 0. The molecule has 0 spiro atoms. The molecule has 23 heavy (non-hydrogen) atoms. The minimum atomic E-state index is 0.611. The van der Waals surface area contributed by atoms with Crippen LogP contribution in [0.1, 0.15) is 89.5 Å². The van der Waals surface area contributed by atoms with E-state index in [1.54, 1.807) is 0 Å². The zero-order chi connectivity index (χ0) is 16.9. The van der Waals surface area contributed by atoms with Gasteiger partial charge in [-0.15, -0.1) is 0 Å². The van der Waals surface area contributed by atoms with E-state index in [0.717, 1.165) is 0 Å². The van der Waals surface area contributed by atoms with Gasteiger partial charge in [-0.05, 0) is 32.0 Å². The number of likely N-dealkylation sites (N-methyl/N-ethyl adjacent to an activating group) is 1. The number of rotatable bonds is 13. The van der Waals surface area contributed by atoms with Gasteiger partial charge in [0.1, 0.15) is 0 Å². The highest BCUT2D eigenvalue weighted by molar-refractivity contribution is 5.20. The molecule has 0 N–H and O–H groups in total. The molecule has 0 saturated carbocycles. The molecule has 0 amide bonds. The summed E-state index contributed by atoms with van der Waals surface area (Å²) >= 11 is 0. The van der Waals surface area contributed by atoms with Crippen LogP contribution in [0.5, 0.6) is 0 Å². The van der Waals surface area contributed by atoms with Gasteiger partial charge in [0.15, 0.2) is 0 Å². The van der Waals surface area contributed by atoms with Gasteiger partial charge in [0.25, 0.3) is 0 Å². The van der Waals surface area contributed by atoms with Gasteiger partial charge in [-0.3, -0.25) is 0 Å². The zero-order valence-corrected chi connectivity index (χ0v) is 16.1. The van der Waals surface area contributed by atoms with Crippen LogP contribution in [0.3, 0.4) is 0 Å². The lowest BCUT2D eigenvalue weighted by Gasteiger charge is -2.30. The van der Waals surface area contributed by atoms with Crippen LogP contribution in [0, 0.1) is 0 Å². The molecule has 1 aromatic carbocycles. The average Bonchev–Trinajstić information content (AvgIpc) is 2.56. The third kappa shape index (κ3) is 8.55. The lowest BCUT2D eigenvalue weighted by Crippen LogP contribution is -2.32. The molecule has 0 aromatic heterocycles. The lowest BCUT2D eigenvalue weighted by atomic mass is 9.89. The van der Waals surface area contributed by atoms with Gasteiger partial charge in [0, 0.05) is 6.04 Å². The Morgan fingerprint density at radius 1 is 0.783 bits per heavy atom. The predicted molar refractivity (Wildman–Crippen MR) is 104 cm³/mol. The van der Waals surface area contributed by atoms with Gasteiger partial charge >= 0.3 is 0 Å². The zero-order valence-electron chi connectivity index (χ0n) is 16.1. The normalized spacial score (nSPS) is 14.1. The van der Waals surface area contributed by atoms with Gasteiger partial charge in [-0.25, -0.2) is 0 Å². The molecule has 2 unspecified atom stereocenters. The molecule has 2 atom stereocenters. The summed E-state index contributed by atoms with van der Waals surface area (Å²) in [6.45, 7) is 4.67. The minimum Gasteiger partial charge on any atom is -0.306 e. The molecule has 0 fully saturated rings. The Balaban J connectivity index is 2.21. The van der Waals surface area contributed by atoms with Crippen LogP contribution >= 0.6 is 0 Å². The quantitative estimate of drug-likeness (QED) is 0.368. The summed E-state index contributed by atoms with van der Waals surface area (Å²) in [7, 11) is 4.47. The Labute approximate surface area is 145 Å². The maximum atomic E-state index is 2.42. The molecule has 0 aliphatic carbocycles. The summed E-state index contributed by atoms with van der Waals surface area (Å²) in [5.74, 6) is 0.611. The fraction of sp³-hybridized carbons (Fsp3) is 0.727. The molecule has 0 heterocycles. The molecule has 1 aromatic rings. The molecule has 1 rings (SSSR count). The van der Waals surface area contributed by atoms with Crippen molar-refractivity contribution in [3.63, 3.8) is 0 Å². The van der Waals surface area contributed by atoms with Crippen molar-refractivity contribution in [3.8, 4) is 0 Å². The Morgan fingerprint density at radius 2 is 1.30 bits per heavy atom. The van der Waals surface area contributed by atoms with Crippen LogP contribution in [0.4, 0.5) is 0 Å². The van der Waals surface area contributed by atoms with Crippen molar-refractivity contribution < 1.29 is 0 Å². The van der Waals surface area contributed by atoms with Gasteiger partial charge in [0.2, 0.25) is 0 Å². The van der Waals surface area contributed by atoms with Gasteiger partial charge in [0.05, 0.1) is 0 Å². The van der Waals surface area contributed by atoms with Gasteiger partial charge < -0.3 is 4.90 Å². The van der Waals surface area contributed by atoms with Crippen molar-refractivity contribution in [2.24, 2.45) is 0 Å². The van der Waals surface area contributed by atoms with Gasteiger partial charge in [-0.2, -0.15) is 0 Å². The van der Waals surface area contributed by atoms with Crippen molar-refractivity contribution >= 4 is 0 Å². The van der Waals surface area contributed by atoms with Crippen LogP contribution in [0.25, 0.3) is 0 Å². The van der Waals surface area contributed by atoms with E-state index in [2.05, 4.69) is 63.2 Å². The summed E-state index contributed by atoms with van der Waals surface area (Å²) in [6.07, 6.45) is 14.0. The fourth-order valence-corrected chi connectivity index (χ4v) is 3.60. The molecule has 0 saturated heterocycles. The van der Waals surface area contributed by atoms with E-state index >= 15 is 0 Å². The first-order chi connectivity index (χ1) is 11.2. The van der Waals surface area contributed by atoms with Crippen LogP contribution < -0.4 is 0 Å². The summed E-state index contributed by atoms with van der Waals surface area (Å²) < 4.78 is 0. The summed E-state index contributed by atoms with van der Waals surface area (Å²) in [6, 6.07) is 11.6. The number of hydrogen-bond donors (Lipinski definition) is 0. The second-order valence-electron chi connectivity index (χ2n) is 7.35. The first kappa shape index (κ1) is 20.2. The van der Waals surface area contributed by atoms with E-state index < -0.39 is 0 Å². The fourth-order valence-electron chi connectivity index (χ4n) is 3.60. The molecule has 0 aliphatic heterocycles. The minimum absolute atomic E-state index is 0.611. The number of unbranched alkanes of at least 4 members (excludes halogenated alkanes) is 8. The van der Waals surface area contributed by atoms with E-state index in [1.807, 2.05) is 0 Å². The Hall–Kier alpha value is -0.820. The smallest absolute Gasteiger partial charge is 0.0155 e. The van der Waals surface area contributed by atoms with Crippen LogP contribution in [-0.2, 0) is 0 Å². The van der Waals surface area contributed by atoms with Crippen molar-refractivity contribution in [2.75, 3.05) is 14.1 Å². The number of nitrogens with zero attached hydrogens (tertiary/aromatic N) is 1. The molecule has 0 bridgehead atoms. The molecular formula is C22H39N. The van der Waals surface area contributed by atoms with E-state index in [-0.39, 0.29) is 0 Å². The molecule has 0 aliphatic rings. The Kier molecular flexibility index (Phi) is 11.1. The van der Waals surface area contributed by atoms with Crippen molar-refractivity contribution in [2.45, 2.75) is 90.0 Å². The van der Waals surface area contributed by atoms with Crippen molar-refractivity contribution in [3.05, 3.63) is 35.9 Å². The maximum absolute atomic E-state index is 2.42.